The van der Waals surface area contributed by atoms with Crippen molar-refractivity contribution < 1.29 is 13.3 Å². The van der Waals surface area contributed by atoms with Gasteiger partial charge in [-0.25, -0.2) is 0 Å². The van der Waals surface area contributed by atoms with Gasteiger partial charge in [0.15, 0.2) is 5.58 Å². The average Bonchev–Trinajstić information content (AvgIpc) is 3.90. The second-order valence-electron chi connectivity index (χ2n) is 13.2. The van der Waals surface area contributed by atoms with Crippen LogP contribution in [0.3, 0.4) is 0 Å². The Bertz CT molecular complexity index is 3110. The topological polar surface area (TPSA) is 42.7 Å². The van der Waals surface area contributed by atoms with Gasteiger partial charge in [-0.3, -0.25) is 0 Å². The molecule has 0 atom stereocenters. The van der Waals surface area contributed by atoms with Gasteiger partial charge < -0.3 is 18.2 Å². The first kappa shape index (κ1) is 28.8. The summed E-state index contributed by atoms with van der Waals surface area (Å²) in [5.41, 5.74) is 12.3. The van der Waals surface area contributed by atoms with Crippen LogP contribution in [0.5, 0.6) is 0 Å². The van der Waals surface area contributed by atoms with Gasteiger partial charge in [-0.2, -0.15) is 0 Å². The largest absolute Gasteiger partial charge is 0.456 e. The Morgan fingerprint density at radius 1 is 0.327 bits per heavy atom. The minimum Gasteiger partial charge on any atom is -0.456 e. The van der Waals surface area contributed by atoms with Gasteiger partial charge in [0.05, 0.1) is 16.8 Å². The highest BCUT2D eigenvalue weighted by Gasteiger charge is 2.26. The van der Waals surface area contributed by atoms with Gasteiger partial charge in [0.25, 0.3) is 0 Å². The number of hydrogen-bond donors (Lipinski definition) is 0. The van der Waals surface area contributed by atoms with Crippen LogP contribution in [0.2, 0.25) is 0 Å². The molecule has 0 aliphatic rings. The Morgan fingerprint density at radius 2 is 0.904 bits per heavy atom. The van der Waals surface area contributed by atoms with Crippen LogP contribution in [0.1, 0.15) is 0 Å². The van der Waals surface area contributed by atoms with Crippen LogP contribution in [-0.2, 0) is 0 Å². The molecule has 0 bridgehead atoms. The van der Waals surface area contributed by atoms with Crippen LogP contribution in [0.15, 0.2) is 189 Å². The predicted octanol–water partition coefficient (Wildman–Crippen LogP) is 14.2. The SMILES string of the molecule is c1ccc(-c2ccc(N(c3cccc4c3oc3ccccc34)c3cccc4oc5c(-c6ccccc6)c6c(cc5c34)oc3ccccc36)cc2)cc1. The van der Waals surface area contributed by atoms with Crippen molar-refractivity contribution in [3.8, 4) is 22.3 Å². The van der Waals surface area contributed by atoms with E-state index in [4.69, 9.17) is 13.3 Å². The van der Waals surface area contributed by atoms with Gasteiger partial charge >= 0.3 is 0 Å². The van der Waals surface area contributed by atoms with E-state index in [0.29, 0.717) is 0 Å². The van der Waals surface area contributed by atoms with Crippen molar-refractivity contribution in [1.29, 1.82) is 0 Å². The maximum absolute atomic E-state index is 6.95. The molecule has 0 unspecified atom stereocenters. The summed E-state index contributed by atoms with van der Waals surface area (Å²) >= 11 is 0. The summed E-state index contributed by atoms with van der Waals surface area (Å²) in [5, 5.41) is 6.26. The molecule has 0 amide bonds. The zero-order valence-electron chi connectivity index (χ0n) is 27.9. The standard InChI is InChI=1S/C48H29NO3/c1-3-13-30(14-4-1)31-25-27-33(28-26-31)49(39-21-11-19-35-34-17-7-9-22-40(34)51-47(35)39)38-20-12-24-42-45(38)37-29-43-46(36-18-8-10-23-41(36)50-43)44(48(37)52-42)32-15-5-2-6-16-32/h1-29H. The molecule has 11 rings (SSSR count). The molecule has 0 radical (unpaired) electrons. The summed E-state index contributed by atoms with van der Waals surface area (Å²) in [6.07, 6.45) is 0. The van der Waals surface area contributed by atoms with Crippen molar-refractivity contribution in [3.63, 3.8) is 0 Å². The van der Waals surface area contributed by atoms with Crippen molar-refractivity contribution in [2.24, 2.45) is 0 Å². The molecule has 0 fully saturated rings. The number of anilines is 3. The van der Waals surface area contributed by atoms with Crippen LogP contribution in [0.25, 0.3) is 88.1 Å². The lowest BCUT2D eigenvalue weighted by Crippen LogP contribution is -2.10. The maximum Gasteiger partial charge on any atom is 0.159 e. The number of benzene rings is 8. The zero-order chi connectivity index (χ0) is 34.2. The molecule has 0 aliphatic heterocycles. The van der Waals surface area contributed by atoms with E-state index < -0.39 is 0 Å². The number of rotatable bonds is 5. The van der Waals surface area contributed by atoms with Crippen LogP contribution < -0.4 is 4.90 Å². The smallest absolute Gasteiger partial charge is 0.159 e. The van der Waals surface area contributed by atoms with Gasteiger partial charge in [-0.15, -0.1) is 0 Å². The lowest BCUT2D eigenvalue weighted by atomic mass is 9.96. The Kier molecular flexibility index (Phi) is 6.22. The summed E-state index contributed by atoms with van der Waals surface area (Å²) in [6, 6.07) is 61.1. The molecule has 0 saturated heterocycles. The van der Waals surface area contributed by atoms with Crippen molar-refractivity contribution >= 4 is 82.9 Å². The minimum atomic E-state index is 0.796. The second-order valence-corrected chi connectivity index (χ2v) is 13.2. The van der Waals surface area contributed by atoms with Crippen molar-refractivity contribution in [2.45, 2.75) is 0 Å². The van der Waals surface area contributed by atoms with Crippen molar-refractivity contribution in [2.75, 3.05) is 4.90 Å². The van der Waals surface area contributed by atoms with Crippen molar-refractivity contribution in [3.05, 3.63) is 176 Å². The van der Waals surface area contributed by atoms with Crippen LogP contribution in [-0.4, -0.2) is 0 Å². The molecule has 0 saturated carbocycles. The first-order chi connectivity index (χ1) is 25.8. The molecule has 4 heteroatoms. The van der Waals surface area contributed by atoms with E-state index in [0.717, 1.165) is 99.6 Å². The third kappa shape index (κ3) is 4.28. The summed E-state index contributed by atoms with van der Waals surface area (Å²) in [6.45, 7) is 0. The number of fused-ring (bicyclic) bond motifs is 9. The second kappa shape index (κ2) is 11.2. The summed E-state index contributed by atoms with van der Waals surface area (Å²) < 4.78 is 20.2. The predicted molar refractivity (Wildman–Crippen MR) is 214 cm³/mol. The molecule has 0 aliphatic carbocycles. The monoisotopic (exact) mass is 667 g/mol. The number of hydrogen-bond acceptors (Lipinski definition) is 4. The van der Waals surface area contributed by atoms with Gasteiger partial charge in [0, 0.05) is 38.2 Å². The van der Waals surface area contributed by atoms with E-state index in [2.05, 4.69) is 144 Å². The fraction of sp³-hybridized carbons (Fsp3) is 0. The average molecular weight is 668 g/mol. The maximum atomic E-state index is 6.95. The lowest BCUT2D eigenvalue weighted by Gasteiger charge is -2.26. The molecular weight excluding hydrogens is 639 g/mol. The molecular formula is C48H29NO3. The first-order valence-corrected chi connectivity index (χ1v) is 17.5. The molecule has 11 aromatic rings. The van der Waals surface area contributed by atoms with Gasteiger partial charge in [-0.05, 0) is 65.2 Å². The van der Waals surface area contributed by atoms with E-state index in [-0.39, 0.29) is 0 Å². The van der Waals surface area contributed by atoms with E-state index in [1.807, 2.05) is 36.4 Å². The zero-order valence-corrected chi connectivity index (χ0v) is 27.9. The molecule has 3 aromatic heterocycles. The molecule has 52 heavy (non-hydrogen) atoms. The van der Waals surface area contributed by atoms with Gasteiger partial charge in [0.2, 0.25) is 0 Å². The molecule has 4 nitrogen and oxygen atoms in total. The Labute approximate surface area is 298 Å². The van der Waals surface area contributed by atoms with E-state index in [1.54, 1.807) is 0 Å². The fourth-order valence-corrected chi connectivity index (χ4v) is 7.96. The quantitative estimate of drug-likeness (QED) is 0.183. The number of furan rings is 3. The Morgan fingerprint density at radius 3 is 1.69 bits per heavy atom. The minimum absolute atomic E-state index is 0.796. The molecule has 0 N–H and O–H groups in total. The van der Waals surface area contributed by atoms with E-state index >= 15 is 0 Å². The molecule has 244 valence electrons. The lowest BCUT2D eigenvalue weighted by molar-refractivity contribution is 0.664. The van der Waals surface area contributed by atoms with Crippen LogP contribution in [0.4, 0.5) is 17.1 Å². The van der Waals surface area contributed by atoms with Crippen molar-refractivity contribution in [1.82, 2.24) is 0 Å². The molecule has 3 heterocycles. The van der Waals surface area contributed by atoms with Crippen LogP contribution in [0, 0.1) is 0 Å². The number of nitrogens with zero attached hydrogens (tertiary/aromatic N) is 1. The fourth-order valence-electron chi connectivity index (χ4n) is 7.96. The number of para-hydroxylation sites is 3. The van der Waals surface area contributed by atoms with Gasteiger partial charge in [-0.1, -0.05) is 127 Å². The highest BCUT2D eigenvalue weighted by molar-refractivity contribution is 6.26. The Balaban J connectivity index is 1.23. The molecule has 8 aromatic carbocycles. The third-order valence-corrected chi connectivity index (χ3v) is 10.3. The first-order valence-electron chi connectivity index (χ1n) is 17.5. The normalized spacial score (nSPS) is 11.8. The van der Waals surface area contributed by atoms with Crippen LogP contribution >= 0.6 is 0 Å². The third-order valence-electron chi connectivity index (χ3n) is 10.3. The summed E-state index contributed by atoms with van der Waals surface area (Å²) in [5.74, 6) is 0. The molecule has 0 spiro atoms. The highest BCUT2D eigenvalue weighted by Crippen LogP contribution is 2.50. The van der Waals surface area contributed by atoms with E-state index in [9.17, 15) is 0 Å². The summed E-state index contributed by atoms with van der Waals surface area (Å²) in [7, 11) is 0. The van der Waals surface area contributed by atoms with Gasteiger partial charge in [0.1, 0.15) is 27.9 Å². The van der Waals surface area contributed by atoms with E-state index in [1.165, 1.54) is 5.56 Å². The Hall–Kier alpha value is -7.04. The summed E-state index contributed by atoms with van der Waals surface area (Å²) in [4.78, 5) is 2.31. The highest BCUT2D eigenvalue weighted by atomic mass is 16.3.